The minimum Gasteiger partial charge on any atom is -0.480 e. The third-order valence-electron chi connectivity index (χ3n) is 1.42. The lowest BCUT2D eigenvalue weighted by atomic mass is 10.3. The molecule has 1 rings (SSSR count). The Labute approximate surface area is 71.3 Å². The number of rotatable bonds is 4. The Hall–Kier alpha value is -0.990. The van der Waals surface area contributed by atoms with Crippen molar-refractivity contribution >= 4 is 19.8 Å². The maximum atomic E-state index is 10.4. The molecule has 2 atom stereocenters. The standard InChI is InChI=1S/C7H10NO3P/c9-3-6(7(10)11)8-5-1-2-12-4-5/h1-2,4,6,8-9,12H,3H2,(H,10,11)/t6-/m0/s1. The topological polar surface area (TPSA) is 69.6 Å². The monoisotopic (exact) mass is 187 g/mol. The molecule has 0 aliphatic carbocycles. The number of carboxylic acids is 1. The Morgan fingerprint density at radius 1 is 1.75 bits per heavy atom. The predicted molar refractivity (Wildman–Crippen MR) is 48.1 cm³/mol. The number of aliphatic hydroxyl groups excluding tert-OH is 1. The van der Waals surface area contributed by atoms with Crippen LogP contribution in [0.5, 0.6) is 0 Å². The van der Waals surface area contributed by atoms with Crippen molar-refractivity contribution < 1.29 is 15.0 Å². The molecule has 0 aliphatic rings. The van der Waals surface area contributed by atoms with Gasteiger partial charge < -0.3 is 15.5 Å². The molecule has 0 bridgehead atoms. The summed E-state index contributed by atoms with van der Waals surface area (Å²) in [6.07, 6.45) is 0. The quantitative estimate of drug-likeness (QED) is 0.644. The Bertz CT molecular complexity index is 247. The van der Waals surface area contributed by atoms with Crippen LogP contribution in [0.15, 0.2) is 17.7 Å². The highest BCUT2D eigenvalue weighted by Gasteiger charge is 2.14. The lowest BCUT2D eigenvalue weighted by molar-refractivity contribution is -0.138. The first-order valence-corrected chi connectivity index (χ1v) is 4.62. The zero-order chi connectivity index (χ0) is 8.97. The fraction of sp³-hybridized carbons (Fsp3) is 0.286. The fourth-order valence-corrected chi connectivity index (χ4v) is 1.53. The maximum Gasteiger partial charge on any atom is 0.328 e. The van der Waals surface area contributed by atoms with E-state index in [2.05, 4.69) is 5.32 Å². The van der Waals surface area contributed by atoms with Crippen LogP contribution in [-0.4, -0.2) is 28.8 Å². The summed E-state index contributed by atoms with van der Waals surface area (Å²) in [4.78, 5) is 10.4. The molecule has 1 aromatic heterocycles. The smallest absolute Gasteiger partial charge is 0.328 e. The second-order valence-electron chi connectivity index (χ2n) is 2.32. The first-order chi connectivity index (χ1) is 5.74. The molecule has 1 aromatic rings. The van der Waals surface area contributed by atoms with E-state index in [0.29, 0.717) is 8.19 Å². The van der Waals surface area contributed by atoms with Gasteiger partial charge in [-0.25, -0.2) is 4.79 Å². The summed E-state index contributed by atoms with van der Waals surface area (Å²) < 4.78 is 0. The van der Waals surface area contributed by atoms with Gasteiger partial charge in [0, 0.05) is 5.69 Å². The summed E-state index contributed by atoms with van der Waals surface area (Å²) >= 11 is 0. The van der Waals surface area contributed by atoms with Gasteiger partial charge in [-0.1, -0.05) is 0 Å². The molecule has 5 heteroatoms. The molecule has 0 amide bonds. The van der Waals surface area contributed by atoms with E-state index >= 15 is 0 Å². The third-order valence-corrected chi connectivity index (χ3v) is 2.26. The minimum atomic E-state index is -1.04. The molecule has 12 heavy (non-hydrogen) atoms. The van der Waals surface area contributed by atoms with E-state index in [4.69, 9.17) is 10.2 Å². The lowest BCUT2D eigenvalue weighted by Gasteiger charge is -2.10. The Kier molecular flexibility index (Phi) is 3.14. The summed E-state index contributed by atoms with van der Waals surface area (Å²) in [6.45, 7) is -0.399. The van der Waals surface area contributed by atoms with Crippen LogP contribution in [0.2, 0.25) is 0 Å². The first kappa shape index (κ1) is 9.10. The van der Waals surface area contributed by atoms with E-state index in [1.54, 1.807) is 0 Å². The zero-order valence-electron chi connectivity index (χ0n) is 6.32. The van der Waals surface area contributed by atoms with E-state index < -0.39 is 18.6 Å². The van der Waals surface area contributed by atoms with Gasteiger partial charge in [-0.3, -0.25) is 0 Å². The molecule has 4 nitrogen and oxygen atoms in total. The largest absolute Gasteiger partial charge is 0.480 e. The van der Waals surface area contributed by atoms with Crippen molar-refractivity contribution in [1.82, 2.24) is 0 Å². The molecular formula is C7H10NO3P. The molecular weight excluding hydrogens is 177 g/mol. The molecule has 1 unspecified atom stereocenters. The number of carboxylic acid groups (broad SMARTS) is 1. The first-order valence-electron chi connectivity index (χ1n) is 3.47. The molecule has 0 saturated carbocycles. The summed E-state index contributed by atoms with van der Waals surface area (Å²) in [5, 5.41) is 19.9. The molecule has 66 valence electrons. The summed E-state index contributed by atoms with van der Waals surface area (Å²) in [6, 6.07) is 0.910. The van der Waals surface area contributed by atoms with E-state index in [-0.39, 0.29) is 0 Å². The highest BCUT2D eigenvalue weighted by molar-refractivity contribution is 7.28. The SMILES string of the molecule is O=C(O)[C@H](CO)Nc1cc[pH]c1. The number of aliphatic hydroxyl groups is 1. The van der Waals surface area contributed by atoms with Crippen molar-refractivity contribution in [3.63, 3.8) is 0 Å². The lowest BCUT2D eigenvalue weighted by Crippen LogP contribution is -2.32. The summed E-state index contributed by atoms with van der Waals surface area (Å²) in [7, 11) is 0.604. The second kappa shape index (κ2) is 4.14. The predicted octanol–water partition coefficient (Wildman–Crippen LogP) is 0.575. The van der Waals surface area contributed by atoms with Crippen LogP contribution in [0.4, 0.5) is 5.69 Å². The van der Waals surface area contributed by atoms with Crippen molar-refractivity contribution in [2.75, 3.05) is 11.9 Å². The number of hydrogen-bond donors (Lipinski definition) is 3. The summed E-state index contributed by atoms with van der Waals surface area (Å²) in [5.74, 6) is 2.80. The van der Waals surface area contributed by atoms with Crippen molar-refractivity contribution in [2.45, 2.75) is 6.04 Å². The Morgan fingerprint density at radius 2 is 2.50 bits per heavy atom. The van der Waals surface area contributed by atoms with E-state index in [0.717, 1.165) is 5.69 Å². The molecule has 0 spiro atoms. The van der Waals surface area contributed by atoms with Gasteiger partial charge in [0.15, 0.2) is 0 Å². The third kappa shape index (κ3) is 2.26. The Morgan fingerprint density at radius 3 is 2.92 bits per heavy atom. The van der Waals surface area contributed by atoms with Gasteiger partial charge in [-0.15, -0.1) is 8.19 Å². The van der Waals surface area contributed by atoms with Gasteiger partial charge >= 0.3 is 5.97 Å². The molecule has 0 saturated heterocycles. The summed E-state index contributed by atoms with van der Waals surface area (Å²) in [5.41, 5.74) is 0.773. The highest BCUT2D eigenvalue weighted by atomic mass is 31.0. The van der Waals surface area contributed by atoms with E-state index in [1.807, 2.05) is 17.7 Å². The number of carbonyl (C=O) groups is 1. The van der Waals surface area contributed by atoms with E-state index in [1.165, 1.54) is 0 Å². The number of aliphatic carboxylic acids is 1. The van der Waals surface area contributed by atoms with Crippen LogP contribution in [-0.2, 0) is 4.79 Å². The second-order valence-corrected chi connectivity index (χ2v) is 3.27. The average Bonchev–Trinajstić information content (AvgIpc) is 2.51. The van der Waals surface area contributed by atoms with Crippen LogP contribution in [0, 0.1) is 0 Å². The van der Waals surface area contributed by atoms with Crippen molar-refractivity contribution in [3.05, 3.63) is 17.7 Å². The number of anilines is 1. The molecule has 3 N–H and O–H groups in total. The van der Waals surface area contributed by atoms with Gasteiger partial charge in [0.05, 0.1) is 6.61 Å². The average molecular weight is 187 g/mol. The molecule has 0 radical (unpaired) electrons. The van der Waals surface area contributed by atoms with Crippen molar-refractivity contribution in [1.29, 1.82) is 0 Å². The van der Waals surface area contributed by atoms with Crippen LogP contribution in [0.25, 0.3) is 0 Å². The number of nitrogens with one attached hydrogen (secondary N) is 1. The number of hydrogen-bond acceptors (Lipinski definition) is 3. The van der Waals surface area contributed by atoms with Crippen LogP contribution < -0.4 is 5.32 Å². The zero-order valence-corrected chi connectivity index (χ0v) is 7.32. The maximum absolute atomic E-state index is 10.4. The van der Waals surface area contributed by atoms with Crippen molar-refractivity contribution in [2.24, 2.45) is 0 Å². The van der Waals surface area contributed by atoms with Crippen LogP contribution in [0.1, 0.15) is 0 Å². The Balaban J connectivity index is 2.54. The van der Waals surface area contributed by atoms with E-state index in [9.17, 15) is 4.79 Å². The fourth-order valence-electron chi connectivity index (χ4n) is 0.800. The van der Waals surface area contributed by atoms with Crippen molar-refractivity contribution in [3.8, 4) is 0 Å². The molecule has 0 aromatic carbocycles. The van der Waals surface area contributed by atoms with Gasteiger partial charge in [0.2, 0.25) is 0 Å². The van der Waals surface area contributed by atoms with Gasteiger partial charge in [0.1, 0.15) is 6.04 Å². The molecule has 0 fully saturated rings. The highest BCUT2D eigenvalue weighted by Crippen LogP contribution is 2.16. The minimum absolute atomic E-state index is 0.399. The van der Waals surface area contributed by atoms with Gasteiger partial charge in [-0.2, -0.15) is 0 Å². The normalized spacial score (nSPS) is 13.1. The molecule has 0 aliphatic heterocycles. The van der Waals surface area contributed by atoms with Crippen LogP contribution in [0.3, 0.4) is 0 Å². The van der Waals surface area contributed by atoms with Crippen LogP contribution >= 0.6 is 8.19 Å². The van der Waals surface area contributed by atoms with Gasteiger partial charge in [0.25, 0.3) is 0 Å². The molecule has 1 heterocycles. The van der Waals surface area contributed by atoms with Gasteiger partial charge in [-0.05, 0) is 17.7 Å².